The molecule has 0 atom stereocenters. The lowest BCUT2D eigenvalue weighted by atomic mass is 10.5. The first-order valence-corrected chi connectivity index (χ1v) is 3.67. The summed E-state index contributed by atoms with van der Waals surface area (Å²) in [5.41, 5.74) is 0. The zero-order valence-corrected chi connectivity index (χ0v) is 7.04. The maximum absolute atomic E-state index is 11.0. The molecule has 0 bridgehead atoms. The van der Waals surface area contributed by atoms with Crippen LogP contribution in [0.3, 0.4) is 0 Å². The van der Waals surface area contributed by atoms with Crippen molar-refractivity contribution in [2.45, 2.75) is 0 Å². The largest absolute Gasteiger partial charge is 0.478 e. The Kier molecular flexibility index (Phi) is 3.31. The highest BCUT2D eigenvalue weighted by atomic mass is 16.4. The minimum atomic E-state index is -1.19. The molecule has 0 fully saturated rings. The Balaban J connectivity index is 2.54. The highest BCUT2D eigenvalue weighted by Gasteiger charge is 1.99. The van der Waals surface area contributed by atoms with Gasteiger partial charge in [-0.15, -0.1) is 0 Å². The van der Waals surface area contributed by atoms with Gasteiger partial charge in [-0.3, -0.25) is 10.1 Å². The van der Waals surface area contributed by atoms with E-state index in [-0.39, 0.29) is 5.95 Å². The maximum Gasteiger partial charge on any atom is 0.328 e. The van der Waals surface area contributed by atoms with Crippen LogP contribution in [0.1, 0.15) is 0 Å². The molecule has 6 nitrogen and oxygen atoms in total. The third kappa shape index (κ3) is 3.44. The zero-order chi connectivity index (χ0) is 10.4. The van der Waals surface area contributed by atoms with Crippen molar-refractivity contribution >= 4 is 17.8 Å². The van der Waals surface area contributed by atoms with Crippen molar-refractivity contribution in [2.24, 2.45) is 0 Å². The molecule has 0 radical (unpaired) electrons. The Morgan fingerprint density at radius 2 is 1.93 bits per heavy atom. The number of amides is 1. The Morgan fingerprint density at radius 3 is 2.50 bits per heavy atom. The third-order valence-electron chi connectivity index (χ3n) is 1.18. The Hall–Kier alpha value is -2.24. The van der Waals surface area contributed by atoms with Gasteiger partial charge in [0.15, 0.2) is 0 Å². The molecule has 72 valence electrons. The quantitative estimate of drug-likeness (QED) is 0.662. The highest BCUT2D eigenvalue weighted by molar-refractivity contribution is 6.01. The lowest BCUT2D eigenvalue weighted by molar-refractivity contribution is -0.131. The minimum Gasteiger partial charge on any atom is -0.478 e. The van der Waals surface area contributed by atoms with Crippen LogP contribution in [-0.2, 0) is 9.59 Å². The van der Waals surface area contributed by atoms with Crippen LogP contribution in [0.15, 0.2) is 30.6 Å². The van der Waals surface area contributed by atoms with E-state index in [1.165, 1.54) is 12.4 Å². The SMILES string of the molecule is O=C(O)/C=C/C(=O)Nc1ncccn1. The number of carbonyl (C=O) groups is 2. The fraction of sp³-hybridized carbons (Fsp3) is 0. The van der Waals surface area contributed by atoms with Crippen LogP contribution in [-0.4, -0.2) is 27.0 Å². The molecule has 0 aliphatic rings. The molecule has 1 rings (SSSR count). The summed E-state index contributed by atoms with van der Waals surface area (Å²) in [6.45, 7) is 0. The van der Waals surface area contributed by atoms with Gasteiger partial charge in [-0.25, -0.2) is 14.8 Å². The summed E-state index contributed by atoms with van der Waals surface area (Å²) in [6.07, 6.45) is 4.55. The van der Waals surface area contributed by atoms with Gasteiger partial charge in [-0.1, -0.05) is 0 Å². The van der Waals surface area contributed by atoms with Crippen molar-refractivity contribution in [3.05, 3.63) is 30.6 Å². The second-order valence-electron chi connectivity index (χ2n) is 2.23. The standard InChI is InChI=1S/C8H7N3O3/c12-6(2-3-7(13)14)11-8-9-4-1-5-10-8/h1-5H,(H,13,14)(H,9,10,11,12)/b3-2+. The molecule has 0 spiro atoms. The monoisotopic (exact) mass is 193 g/mol. The van der Waals surface area contributed by atoms with Gasteiger partial charge in [0.05, 0.1) is 0 Å². The third-order valence-corrected chi connectivity index (χ3v) is 1.18. The van der Waals surface area contributed by atoms with Crippen LogP contribution >= 0.6 is 0 Å². The summed E-state index contributed by atoms with van der Waals surface area (Å²) in [5.74, 6) is -1.64. The number of carbonyl (C=O) groups excluding carboxylic acids is 1. The Labute approximate surface area is 79.3 Å². The first-order valence-electron chi connectivity index (χ1n) is 3.67. The molecule has 1 aromatic rings. The van der Waals surface area contributed by atoms with Crippen molar-refractivity contribution in [2.75, 3.05) is 5.32 Å². The summed E-state index contributed by atoms with van der Waals surface area (Å²) in [6, 6.07) is 1.60. The van der Waals surface area contributed by atoms with E-state index in [0.29, 0.717) is 0 Å². The molecular weight excluding hydrogens is 186 g/mol. The summed E-state index contributed by atoms with van der Waals surface area (Å²) in [7, 11) is 0. The van der Waals surface area contributed by atoms with Crippen LogP contribution < -0.4 is 5.32 Å². The fourth-order valence-electron chi connectivity index (χ4n) is 0.662. The second kappa shape index (κ2) is 4.70. The van der Waals surface area contributed by atoms with Gasteiger partial charge in [0, 0.05) is 24.5 Å². The lowest BCUT2D eigenvalue weighted by Gasteiger charge is -1.96. The fourth-order valence-corrected chi connectivity index (χ4v) is 0.662. The van der Waals surface area contributed by atoms with Crippen LogP contribution in [0.5, 0.6) is 0 Å². The molecule has 1 amide bonds. The summed E-state index contributed by atoms with van der Waals surface area (Å²) < 4.78 is 0. The van der Waals surface area contributed by atoms with Crippen LogP contribution in [0.25, 0.3) is 0 Å². The highest BCUT2D eigenvalue weighted by Crippen LogP contribution is 1.93. The van der Waals surface area contributed by atoms with Crippen molar-refractivity contribution in [1.29, 1.82) is 0 Å². The van der Waals surface area contributed by atoms with Gasteiger partial charge in [0.1, 0.15) is 0 Å². The Bertz CT molecular complexity index is 361. The van der Waals surface area contributed by atoms with Gasteiger partial charge in [-0.05, 0) is 6.07 Å². The molecule has 1 aromatic heterocycles. The molecular formula is C8H7N3O3. The number of carboxylic acids is 1. The molecule has 0 saturated heterocycles. The van der Waals surface area contributed by atoms with Crippen molar-refractivity contribution in [1.82, 2.24) is 9.97 Å². The van der Waals surface area contributed by atoms with E-state index < -0.39 is 11.9 Å². The first kappa shape index (κ1) is 9.85. The number of aromatic nitrogens is 2. The number of rotatable bonds is 3. The molecule has 0 saturated carbocycles. The van der Waals surface area contributed by atoms with E-state index in [0.717, 1.165) is 12.2 Å². The predicted molar refractivity (Wildman–Crippen MR) is 47.4 cm³/mol. The molecule has 0 aromatic carbocycles. The van der Waals surface area contributed by atoms with Crippen LogP contribution in [0.4, 0.5) is 5.95 Å². The molecule has 14 heavy (non-hydrogen) atoms. The van der Waals surface area contributed by atoms with E-state index in [1.807, 2.05) is 0 Å². The summed E-state index contributed by atoms with van der Waals surface area (Å²) >= 11 is 0. The average molecular weight is 193 g/mol. The van der Waals surface area contributed by atoms with E-state index >= 15 is 0 Å². The maximum atomic E-state index is 11.0. The number of carboxylic acid groups (broad SMARTS) is 1. The molecule has 0 aliphatic heterocycles. The number of hydrogen-bond donors (Lipinski definition) is 2. The summed E-state index contributed by atoms with van der Waals surface area (Å²) in [4.78, 5) is 28.5. The van der Waals surface area contributed by atoms with Gasteiger partial charge in [-0.2, -0.15) is 0 Å². The smallest absolute Gasteiger partial charge is 0.328 e. The Morgan fingerprint density at radius 1 is 1.29 bits per heavy atom. The topological polar surface area (TPSA) is 92.2 Å². The van der Waals surface area contributed by atoms with E-state index in [9.17, 15) is 9.59 Å². The molecule has 1 heterocycles. The van der Waals surface area contributed by atoms with Gasteiger partial charge in [0.2, 0.25) is 5.95 Å². The lowest BCUT2D eigenvalue weighted by Crippen LogP contribution is -2.10. The summed E-state index contributed by atoms with van der Waals surface area (Å²) in [5, 5.41) is 10.5. The predicted octanol–water partition coefficient (Wildman–Crippen LogP) is 0.0559. The average Bonchev–Trinajstić information content (AvgIpc) is 2.16. The van der Waals surface area contributed by atoms with Gasteiger partial charge >= 0.3 is 5.97 Å². The number of anilines is 1. The number of aliphatic carboxylic acids is 1. The second-order valence-corrected chi connectivity index (χ2v) is 2.23. The van der Waals surface area contributed by atoms with Crippen molar-refractivity contribution in [3.8, 4) is 0 Å². The zero-order valence-electron chi connectivity index (χ0n) is 7.04. The van der Waals surface area contributed by atoms with Crippen LogP contribution in [0, 0.1) is 0 Å². The number of hydrogen-bond acceptors (Lipinski definition) is 4. The molecule has 0 unspecified atom stereocenters. The number of nitrogens with one attached hydrogen (secondary N) is 1. The van der Waals surface area contributed by atoms with Gasteiger partial charge < -0.3 is 5.11 Å². The van der Waals surface area contributed by atoms with Crippen molar-refractivity contribution in [3.63, 3.8) is 0 Å². The van der Waals surface area contributed by atoms with Crippen LogP contribution in [0.2, 0.25) is 0 Å². The normalized spacial score (nSPS) is 10.0. The first-order chi connectivity index (χ1) is 6.68. The number of nitrogens with zero attached hydrogens (tertiary/aromatic N) is 2. The molecule has 2 N–H and O–H groups in total. The minimum absolute atomic E-state index is 0.132. The van der Waals surface area contributed by atoms with E-state index in [1.54, 1.807) is 6.07 Å². The van der Waals surface area contributed by atoms with Crippen molar-refractivity contribution < 1.29 is 14.7 Å². The van der Waals surface area contributed by atoms with E-state index in [2.05, 4.69) is 15.3 Å². The molecule has 6 heteroatoms. The van der Waals surface area contributed by atoms with Gasteiger partial charge in [0.25, 0.3) is 5.91 Å². The molecule has 0 aliphatic carbocycles. The van der Waals surface area contributed by atoms with E-state index in [4.69, 9.17) is 5.11 Å².